The maximum absolute atomic E-state index is 12.6. The van der Waals surface area contributed by atoms with Crippen LogP contribution < -0.4 is 0 Å². The van der Waals surface area contributed by atoms with Gasteiger partial charge in [-0.25, -0.2) is 13.6 Å². The van der Waals surface area contributed by atoms with Gasteiger partial charge in [0.15, 0.2) is 0 Å². The van der Waals surface area contributed by atoms with Crippen LogP contribution in [-0.2, 0) is 10.1 Å². The molecule has 88 valence electrons. The van der Waals surface area contributed by atoms with Gasteiger partial charge in [-0.15, -0.1) is 0 Å². The van der Waals surface area contributed by atoms with E-state index in [-0.39, 0.29) is 10.0 Å². The van der Waals surface area contributed by atoms with Crippen molar-refractivity contribution in [3.05, 3.63) is 27.5 Å². The predicted molar refractivity (Wildman–Crippen MR) is 60.9 cm³/mol. The predicted octanol–water partition coefficient (Wildman–Crippen LogP) is 3.46. The minimum Gasteiger partial charge on any atom is -0.465 e. The van der Waals surface area contributed by atoms with Crippen molar-refractivity contribution in [1.29, 1.82) is 0 Å². The average molecular weight is 359 g/mol. The lowest BCUT2D eigenvalue weighted by Crippen LogP contribution is -2.10. The number of hydrogen-bond acceptors (Lipinski definition) is 3. The highest BCUT2D eigenvalue weighted by Crippen LogP contribution is 2.30. The summed E-state index contributed by atoms with van der Waals surface area (Å²) in [4.78, 5) is 15.0. The normalized spacial score (nSPS) is 10.6. The molecule has 0 saturated heterocycles. The Labute approximate surface area is 107 Å². The Morgan fingerprint density at radius 2 is 2.25 bits per heavy atom. The number of ether oxygens (including phenoxy) is 1. The Hall–Kier alpha value is -0.560. The molecule has 1 aromatic heterocycles. The monoisotopic (exact) mass is 357 g/mol. The zero-order valence-electron chi connectivity index (χ0n) is 8.14. The first kappa shape index (κ1) is 13.5. The van der Waals surface area contributed by atoms with Gasteiger partial charge >= 0.3 is 5.97 Å². The number of alkyl halides is 3. The number of aromatic nitrogens is 1. The fourth-order valence-corrected chi connectivity index (χ4v) is 2.51. The van der Waals surface area contributed by atoms with Crippen LogP contribution in [0, 0.1) is 0 Å². The molecule has 0 aromatic carbocycles. The van der Waals surface area contributed by atoms with Crippen molar-refractivity contribution in [3.63, 3.8) is 0 Å². The highest BCUT2D eigenvalue weighted by Gasteiger charge is 2.25. The molecule has 3 nitrogen and oxygen atoms in total. The number of pyridine rings is 1. The number of nitrogens with zero attached hydrogens (tertiary/aromatic N) is 1. The molecule has 0 amide bonds. The molecule has 16 heavy (non-hydrogen) atoms. The number of methoxy groups -OCH3 is 1. The molecule has 0 aliphatic rings. The maximum Gasteiger partial charge on any atom is 0.341 e. The molecule has 0 atom stereocenters. The van der Waals surface area contributed by atoms with Crippen LogP contribution in [0.5, 0.6) is 0 Å². The summed E-state index contributed by atoms with van der Waals surface area (Å²) in [5.74, 6) is -0.836. The van der Waals surface area contributed by atoms with Crippen molar-refractivity contribution in [3.8, 4) is 0 Å². The van der Waals surface area contributed by atoms with E-state index < -0.39 is 18.1 Å². The molecule has 0 fully saturated rings. The van der Waals surface area contributed by atoms with Crippen LogP contribution in [0.4, 0.5) is 8.78 Å². The van der Waals surface area contributed by atoms with Crippen molar-refractivity contribution >= 4 is 37.8 Å². The molecule has 1 heterocycles. The maximum atomic E-state index is 12.6. The minimum absolute atomic E-state index is 0.227. The quantitative estimate of drug-likeness (QED) is 0.613. The van der Waals surface area contributed by atoms with Crippen LogP contribution in [0.25, 0.3) is 0 Å². The van der Waals surface area contributed by atoms with Gasteiger partial charge in [0.1, 0.15) is 11.3 Å². The Bertz CT molecular complexity index is 413. The van der Waals surface area contributed by atoms with Crippen molar-refractivity contribution < 1.29 is 18.3 Å². The van der Waals surface area contributed by atoms with E-state index >= 15 is 0 Å². The van der Waals surface area contributed by atoms with E-state index in [0.717, 1.165) is 7.11 Å². The van der Waals surface area contributed by atoms with Gasteiger partial charge < -0.3 is 4.74 Å². The summed E-state index contributed by atoms with van der Waals surface area (Å²) < 4.78 is 30.0. The Kier molecular flexibility index (Phi) is 4.79. The summed E-state index contributed by atoms with van der Waals surface area (Å²) >= 11 is 6.26. The second-order valence-electron chi connectivity index (χ2n) is 2.78. The third kappa shape index (κ3) is 2.57. The van der Waals surface area contributed by atoms with Crippen LogP contribution >= 0.6 is 31.9 Å². The largest absolute Gasteiger partial charge is 0.465 e. The van der Waals surface area contributed by atoms with Crippen molar-refractivity contribution in [1.82, 2.24) is 4.98 Å². The highest BCUT2D eigenvalue weighted by molar-refractivity contribution is 9.10. The smallest absolute Gasteiger partial charge is 0.341 e. The molecule has 1 aromatic rings. The van der Waals surface area contributed by atoms with Gasteiger partial charge in [0.2, 0.25) is 0 Å². The van der Waals surface area contributed by atoms with Crippen LogP contribution in [0.1, 0.15) is 28.0 Å². The van der Waals surface area contributed by atoms with Gasteiger partial charge in [-0.2, -0.15) is 0 Å². The first-order valence-electron chi connectivity index (χ1n) is 4.12. The van der Waals surface area contributed by atoms with Crippen molar-refractivity contribution in [2.24, 2.45) is 0 Å². The first-order chi connectivity index (χ1) is 7.52. The fraction of sp³-hybridized carbons (Fsp3) is 0.333. The summed E-state index contributed by atoms with van der Waals surface area (Å²) in [7, 11) is 1.13. The van der Waals surface area contributed by atoms with Crippen LogP contribution in [0.3, 0.4) is 0 Å². The molecular weight excluding hydrogens is 352 g/mol. The molecule has 0 spiro atoms. The lowest BCUT2D eigenvalue weighted by atomic mass is 10.1. The van der Waals surface area contributed by atoms with Crippen molar-refractivity contribution in [2.75, 3.05) is 7.11 Å². The van der Waals surface area contributed by atoms with E-state index in [1.54, 1.807) is 0 Å². The number of hydrogen-bond donors (Lipinski definition) is 0. The van der Waals surface area contributed by atoms with Gasteiger partial charge in [-0.3, -0.25) is 4.98 Å². The molecule has 0 saturated carbocycles. The van der Waals surface area contributed by atoms with E-state index in [9.17, 15) is 13.6 Å². The molecule has 0 aliphatic heterocycles. The Balaban J connectivity index is 3.42. The van der Waals surface area contributed by atoms with Crippen LogP contribution in [0.2, 0.25) is 0 Å². The van der Waals surface area contributed by atoms with E-state index in [4.69, 9.17) is 0 Å². The zero-order valence-corrected chi connectivity index (χ0v) is 11.3. The molecular formula is C9H7Br2F2NO2. The van der Waals surface area contributed by atoms with Crippen molar-refractivity contribution in [2.45, 2.75) is 11.8 Å². The molecule has 0 N–H and O–H groups in total. The van der Waals surface area contributed by atoms with E-state index in [1.165, 1.54) is 6.20 Å². The number of esters is 1. The summed E-state index contributed by atoms with van der Waals surface area (Å²) in [6, 6.07) is 0. The number of carbonyl (C=O) groups is 1. The van der Waals surface area contributed by atoms with E-state index in [2.05, 4.69) is 41.6 Å². The van der Waals surface area contributed by atoms with Gasteiger partial charge in [0, 0.05) is 16.0 Å². The molecule has 0 aliphatic carbocycles. The number of rotatable bonds is 3. The lowest BCUT2D eigenvalue weighted by Gasteiger charge is -2.10. The molecule has 0 radical (unpaired) electrons. The molecule has 1 rings (SSSR count). The SMILES string of the molecule is COC(=O)c1c(C(F)F)ncc(CBr)c1Br. The van der Waals surface area contributed by atoms with Gasteiger partial charge in [-0.05, 0) is 21.5 Å². The van der Waals surface area contributed by atoms with Crippen LogP contribution in [0.15, 0.2) is 10.7 Å². The Morgan fingerprint density at radius 3 is 2.69 bits per heavy atom. The van der Waals surface area contributed by atoms with E-state index in [1.807, 2.05) is 0 Å². The Morgan fingerprint density at radius 1 is 1.62 bits per heavy atom. The third-order valence-corrected chi connectivity index (χ3v) is 3.37. The second-order valence-corrected chi connectivity index (χ2v) is 4.14. The average Bonchev–Trinajstić information content (AvgIpc) is 2.27. The van der Waals surface area contributed by atoms with Crippen LogP contribution in [-0.4, -0.2) is 18.1 Å². The number of halogens is 4. The second kappa shape index (κ2) is 5.67. The highest BCUT2D eigenvalue weighted by atomic mass is 79.9. The fourth-order valence-electron chi connectivity index (χ4n) is 1.10. The van der Waals surface area contributed by atoms with E-state index in [0.29, 0.717) is 10.9 Å². The topological polar surface area (TPSA) is 39.2 Å². The molecule has 7 heteroatoms. The van der Waals surface area contributed by atoms with Gasteiger partial charge in [0.05, 0.1) is 7.11 Å². The summed E-state index contributed by atoms with van der Waals surface area (Å²) in [5.41, 5.74) is -0.206. The standard InChI is InChI=1S/C9H7Br2F2NO2/c1-16-9(15)5-6(11)4(2-10)3-14-7(5)8(12)13/h3,8H,2H2,1H3. The minimum atomic E-state index is -2.82. The zero-order chi connectivity index (χ0) is 12.3. The molecule has 0 bridgehead atoms. The third-order valence-electron chi connectivity index (χ3n) is 1.86. The van der Waals surface area contributed by atoms with Gasteiger partial charge in [0.25, 0.3) is 6.43 Å². The van der Waals surface area contributed by atoms with Gasteiger partial charge in [-0.1, -0.05) is 15.9 Å². The number of carbonyl (C=O) groups excluding carboxylic acids is 1. The molecule has 0 unspecified atom stereocenters. The summed E-state index contributed by atoms with van der Waals surface area (Å²) in [6.07, 6.45) is -1.54. The summed E-state index contributed by atoms with van der Waals surface area (Å²) in [6.45, 7) is 0. The summed E-state index contributed by atoms with van der Waals surface area (Å²) in [5, 5.41) is 0.397. The lowest BCUT2D eigenvalue weighted by molar-refractivity contribution is 0.0585. The first-order valence-corrected chi connectivity index (χ1v) is 6.04.